The molecule has 3 aromatic rings. The van der Waals surface area contributed by atoms with Crippen molar-refractivity contribution in [3.63, 3.8) is 0 Å². The zero-order valence-electron chi connectivity index (χ0n) is 13.4. The summed E-state index contributed by atoms with van der Waals surface area (Å²) in [7, 11) is 0. The fourth-order valence-corrected chi connectivity index (χ4v) is 4.05. The van der Waals surface area contributed by atoms with Crippen LogP contribution < -0.4 is 5.32 Å². The number of thioether (sulfide) groups is 1. The quantitative estimate of drug-likeness (QED) is 0.504. The fraction of sp³-hybridized carbons (Fsp3) is 0.176. The lowest BCUT2D eigenvalue weighted by atomic mass is 10.2. The molecule has 0 saturated heterocycles. The number of fused-ring (bicyclic) bond motifs is 1. The van der Waals surface area contributed by atoms with Crippen molar-refractivity contribution in [2.24, 2.45) is 0 Å². The topological polar surface area (TPSA) is 92.2 Å². The molecule has 0 aliphatic carbocycles. The van der Waals surface area contributed by atoms with Gasteiger partial charge in [-0.15, -0.1) is 23.1 Å². The third kappa shape index (κ3) is 4.34. The van der Waals surface area contributed by atoms with Crippen molar-refractivity contribution in [1.29, 1.82) is 0 Å². The van der Waals surface area contributed by atoms with Crippen molar-refractivity contribution in [2.75, 3.05) is 11.1 Å². The number of thiophene rings is 1. The molecule has 0 unspecified atom stereocenters. The van der Waals surface area contributed by atoms with Gasteiger partial charge in [0.15, 0.2) is 0 Å². The molecule has 1 aromatic carbocycles. The highest BCUT2D eigenvalue weighted by Gasteiger charge is 2.09. The van der Waals surface area contributed by atoms with Gasteiger partial charge < -0.3 is 10.4 Å². The summed E-state index contributed by atoms with van der Waals surface area (Å²) in [6, 6.07) is 8.14. The van der Waals surface area contributed by atoms with Gasteiger partial charge >= 0.3 is 5.97 Å². The van der Waals surface area contributed by atoms with E-state index in [1.54, 1.807) is 29.8 Å². The van der Waals surface area contributed by atoms with Crippen LogP contribution in [-0.4, -0.2) is 32.7 Å². The first-order valence-corrected chi connectivity index (χ1v) is 9.30. The van der Waals surface area contributed by atoms with Gasteiger partial charge in [0, 0.05) is 28.1 Å². The standard InChI is InChI=1S/C17H15N3O3S2/c1-10-8-13-15(18-9-19-16(13)25-10)24-7-6-14(21)20-12-4-2-11(3-5-12)17(22)23/h2-5,8-9H,6-7H2,1H3,(H,20,21)(H,22,23). The number of nitrogens with one attached hydrogen (secondary N) is 1. The van der Waals surface area contributed by atoms with Crippen LogP contribution in [0, 0.1) is 6.92 Å². The molecule has 0 atom stereocenters. The number of benzene rings is 1. The van der Waals surface area contributed by atoms with Gasteiger partial charge in [0.05, 0.1) is 5.56 Å². The summed E-state index contributed by atoms with van der Waals surface area (Å²) >= 11 is 3.15. The smallest absolute Gasteiger partial charge is 0.335 e. The van der Waals surface area contributed by atoms with E-state index in [0.29, 0.717) is 17.9 Å². The van der Waals surface area contributed by atoms with Crippen LogP contribution in [0.4, 0.5) is 5.69 Å². The summed E-state index contributed by atoms with van der Waals surface area (Å²) in [6.45, 7) is 2.03. The van der Waals surface area contributed by atoms with Crippen LogP contribution in [-0.2, 0) is 4.79 Å². The van der Waals surface area contributed by atoms with Crippen LogP contribution in [0.3, 0.4) is 0 Å². The van der Waals surface area contributed by atoms with Gasteiger partial charge in [0.1, 0.15) is 16.2 Å². The zero-order chi connectivity index (χ0) is 17.8. The minimum Gasteiger partial charge on any atom is -0.478 e. The molecule has 0 radical (unpaired) electrons. The van der Waals surface area contributed by atoms with E-state index in [1.807, 2.05) is 6.92 Å². The van der Waals surface area contributed by atoms with Crippen LogP contribution in [0.25, 0.3) is 10.2 Å². The Bertz CT molecular complexity index is 923. The first-order chi connectivity index (χ1) is 12.0. The lowest BCUT2D eigenvalue weighted by molar-refractivity contribution is -0.115. The molecule has 0 saturated carbocycles. The maximum absolute atomic E-state index is 12.0. The number of nitrogens with zero attached hydrogens (tertiary/aromatic N) is 2. The molecule has 0 aliphatic heterocycles. The van der Waals surface area contributed by atoms with E-state index in [0.717, 1.165) is 15.2 Å². The molecule has 2 aromatic heterocycles. The number of hydrogen-bond acceptors (Lipinski definition) is 6. The molecule has 1 amide bonds. The van der Waals surface area contributed by atoms with Gasteiger partial charge in [0.2, 0.25) is 5.91 Å². The van der Waals surface area contributed by atoms with Crippen molar-refractivity contribution < 1.29 is 14.7 Å². The van der Waals surface area contributed by atoms with E-state index in [9.17, 15) is 9.59 Å². The molecule has 2 N–H and O–H groups in total. The van der Waals surface area contributed by atoms with E-state index in [1.165, 1.54) is 28.8 Å². The van der Waals surface area contributed by atoms with Gasteiger partial charge in [-0.2, -0.15) is 0 Å². The predicted molar refractivity (Wildman–Crippen MR) is 99.5 cm³/mol. The number of carboxylic acids is 1. The zero-order valence-corrected chi connectivity index (χ0v) is 15.0. The number of rotatable bonds is 6. The molecule has 8 heteroatoms. The SMILES string of the molecule is Cc1cc2c(SCCC(=O)Nc3ccc(C(=O)O)cc3)ncnc2s1. The van der Waals surface area contributed by atoms with E-state index in [-0.39, 0.29) is 11.5 Å². The van der Waals surface area contributed by atoms with Crippen LogP contribution >= 0.6 is 23.1 Å². The Morgan fingerprint density at radius 3 is 2.72 bits per heavy atom. The lowest BCUT2D eigenvalue weighted by Gasteiger charge is -2.06. The van der Waals surface area contributed by atoms with Crippen LogP contribution in [0.2, 0.25) is 0 Å². The molecule has 2 heterocycles. The molecule has 0 fully saturated rings. The second-order valence-corrected chi connectivity index (χ2v) is 7.60. The number of aromatic carboxylic acids is 1. The van der Waals surface area contributed by atoms with Crippen molar-refractivity contribution in [1.82, 2.24) is 9.97 Å². The molecular weight excluding hydrogens is 358 g/mol. The summed E-state index contributed by atoms with van der Waals surface area (Å²) in [4.78, 5) is 33.5. The van der Waals surface area contributed by atoms with Gasteiger partial charge in [-0.1, -0.05) is 0 Å². The normalized spacial score (nSPS) is 10.8. The largest absolute Gasteiger partial charge is 0.478 e. The monoisotopic (exact) mass is 373 g/mol. The predicted octanol–water partition coefficient (Wildman–Crippen LogP) is 3.82. The lowest BCUT2D eigenvalue weighted by Crippen LogP contribution is -2.12. The van der Waals surface area contributed by atoms with Crippen molar-refractivity contribution in [3.05, 3.63) is 47.1 Å². The Balaban J connectivity index is 1.54. The fourth-order valence-electron chi connectivity index (χ4n) is 2.23. The number of aromatic nitrogens is 2. The number of hydrogen-bond donors (Lipinski definition) is 2. The molecule has 0 spiro atoms. The van der Waals surface area contributed by atoms with Crippen LogP contribution in [0.1, 0.15) is 21.7 Å². The maximum atomic E-state index is 12.0. The highest BCUT2D eigenvalue weighted by atomic mass is 32.2. The van der Waals surface area contributed by atoms with Crippen molar-refractivity contribution in [3.8, 4) is 0 Å². The number of aryl methyl sites for hydroxylation is 1. The van der Waals surface area contributed by atoms with Crippen molar-refractivity contribution in [2.45, 2.75) is 18.4 Å². The second-order valence-electron chi connectivity index (χ2n) is 5.28. The first kappa shape index (κ1) is 17.4. The minimum atomic E-state index is -0.992. The molecule has 128 valence electrons. The highest BCUT2D eigenvalue weighted by Crippen LogP contribution is 2.30. The number of anilines is 1. The van der Waals surface area contributed by atoms with Crippen LogP contribution in [0.5, 0.6) is 0 Å². The third-order valence-electron chi connectivity index (χ3n) is 3.40. The van der Waals surface area contributed by atoms with E-state index in [2.05, 4.69) is 21.4 Å². The van der Waals surface area contributed by atoms with E-state index < -0.39 is 5.97 Å². The summed E-state index contributed by atoms with van der Waals surface area (Å²) in [5.41, 5.74) is 0.769. The van der Waals surface area contributed by atoms with E-state index in [4.69, 9.17) is 5.11 Å². The second kappa shape index (κ2) is 7.62. The average molecular weight is 373 g/mol. The Hall–Kier alpha value is -2.45. The first-order valence-electron chi connectivity index (χ1n) is 7.50. The number of carboxylic acid groups (broad SMARTS) is 1. The average Bonchev–Trinajstić information content (AvgIpc) is 2.96. The Kier molecular flexibility index (Phi) is 5.30. The summed E-state index contributed by atoms with van der Waals surface area (Å²) in [5.74, 6) is -0.517. The molecule has 0 aliphatic rings. The summed E-state index contributed by atoms with van der Waals surface area (Å²) < 4.78 is 0. The molecule has 25 heavy (non-hydrogen) atoms. The van der Waals surface area contributed by atoms with E-state index >= 15 is 0 Å². The number of carbonyl (C=O) groups is 2. The molecule has 6 nitrogen and oxygen atoms in total. The Morgan fingerprint density at radius 1 is 1.24 bits per heavy atom. The molecular formula is C17H15N3O3S2. The van der Waals surface area contributed by atoms with Gasteiger partial charge in [-0.3, -0.25) is 4.79 Å². The maximum Gasteiger partial charge on any atom is 0.335 e. The molecule has 0 bridgehead atoms. The highest BCUT2D eigenvalue weighted by molar-refractivity contribution is 7.99. The van der Waals surface area contributed by atoms with Gasteiger partial charge in [-0.25, -0.2) is 14.8 Å². The third-order valence-corrected chi connectivity index (χ3v) is 5.37. The Labute approximate surface area is 152 Å². The van der Waals surface area contributed by atoms with Crippen LogP contribution in [0.15, 0.2) is 41.7 Å². The number of amides is 1. The van der Waals surface area contributed by atoms with Gasteiger partial charge in [0.25, 0.3) is 0 Å². The minimum absolute atomic E-state index is 0.123. The molecule has 3 rings (SSSR count). The summed E-state index contributed by atoms with van der Waals surface area (Å²) in [6.07, 6.45) is 1.88. The van der Waals surface area contributed by atoms with Gasteiger partial charge in [-0.05, 0) is 37.3 Å². The number of carbonyl (C=O) groups excluding carboxylic acids is 1. The Morgan fingerprint density at radius 2 is 2.00 bits per heavy atom. The summed E-state index contributed by atoms with van der Waals surface area (Å²) in [5, 5.41) is 13.5. The van der Waals surface area contributed by atoms with Crippen molar-refractivity contribution >= 4 is 50.9 Å².